The van der Waals surface area contributed by atoms with Crippen molar-refractivity contribution < 1.29 is 19.0 Å². The topological polar surface area (TPSA) is 38.7 Å². The molecule has 3 nitrogen and oxygen atoms in total. The Hall–Kier alpha value is -2.53. The minimum atomic E-state index is -0.243. The van der Waals surface area contributed by atoms with E-state index in [9.17, 15) is 4.39 Å². The van der Waals surface area contributed by atoms with E-state index in [4.69, 9.17) is 14.6 Å². The Morgan fingerprint density at radius 2 is 1.56 bits per heavy atom. The second kappa shape index (κ2) is 8.01. The summed E-state index contributed by atoms with van der Waals surface area (Å²) in [6, 6.07) is 20.5. The second-order valence-corrected chi connectivity index (χ2v) is 6.70. The highest BCUT2D eigenvalue weighted by Gasteiger charge is 2.24. The van der Waals surface area contributed by atoms with Gasteiger partial charge < -0.3 is 14.6 Å². The first-order chi connectivity index (χ1) is 13.2. The van der Waals surface area contributed by atoms with Crippen molar-refractivity contribution in [3.8, 4) is 0 Å². The molecule has 2 aliphatic heterocycles. The Bertz CT molecular complexity index is 898. The molecule has 3 aromatic carbocycles. The molecule has 0 fully saturated rings. The van der Waals surface area contributed by atoms with Gasteiger partial charge in [0.2, 0.25) is 0 Å². The molecule has 0 radical (unpaired) electrons. The molecule has 0 spiro atoms. The highest BCUT2D eigenvalue weighted by atomic mass is 19.1. The largest absolute Gasteiger partial charge is 0.392 e. The molecule has 4 heteroatoms. The van der Waals surface area contributed by atoms with Gasteiger partial charge in [0.25, 0.3) is 0 Å². The molecule has 0 saturated heterocycles. The van der Waals surface area contributed by atoms with Gasteiger partial charge in [-0.05, 0) is 45.5 Å². The van der Waals surface area contributed by atoms with Gasteiger partial charge in [-0.3, -0.25) is 0 Å². The Morgan fingerprint density at radius 1 is 0.852 bits per heavy atom. The van der Waals surface area contributed by atoms with Crippen molar-refractivity contribution in [3.63, 3.8) is 0 Å². The molecule has 1 unspecified atom stereocenters. The predicted octanol–water partition coefficient (Wildman–Crippen LogP) is 4.65. The maximum atomic E-state index is 12.9. The lowest BCUT2D eigenvalue weighted by atomic mass is 9.98. The summed E-state index contributed by atoms with van der Waals surface area (Å²) in [5.74, 6) is -0.243. The molecule has 138 valence electrons. The Balaban J connectivity index is 0.000000167. The third-order valence-electron chi connectivity index (χ3n) is 4.88. The fourth-order valence-electron chi connectivity index (χ4n) is 3.42. The number of rotatable bonds is 2. The van der Waals surface area contributed by atoms with Crippen LogP contribution in [-0.4, -0.2) is 5.11 Å². The smallest absolute Gasteiger partial charge is 0.123 e. The van der Waals surface area contributed by atoms with Gasteiger partial charge in [0.1, 0.15) is 11.9 Å². The predicted molar refractivity (Wildman–Crippen MR) is 100 cm³/mol. The minimum absolute atomic E-state index is 0.0362. The first-order valence-electron chi connectivity index (χ1n) is 8.99. The van der Waals surface area contributed by atoms with Crippen molar-refractivity contribution in [2.45, 2.75) is 32.5 Å². The van der Waals surface area contributed by atoms with Crippen molar-refractivity contribution in [1.29, 1.82) is 0 Å². The van der Waals surface area contributed by atoms with Gasteiger partial charge >= 0.3 is 0 Å². The number of hydrogen-bond donors (Lipinski definition) is 1. The third kappa shape index (κ3) is 3.93. The van der Waals surface area contributed by atoms with Crippen LogP contribution in [0.3, 0.4) is 0 Å². The Morgan fingerprint density at radius 3 is 2.22 bits per heavy atom. The van der Waals surface area contributed by atoms with Gasteiger partial charge in [-0.2, -0.15) is 0 Å². The van der Waals surface area contributed by atoms with Crippen LogP contribution in [0, 0.1) is 5.82 Å². The van der Waals surface area contributed by atoms with Crippen molar-refractivity contribution in [2.24, 2.45) is 0 Å². The SMILES string of the molecule is OCc1ccc2c(c1)COC2c1ccc(F)cc1.c1ccc2c(c1)COC2. The fourth-order valence-corrected chi connectivity index (χ4v) is 3.42. The lowest BCUT2D eigenvalue weighted by Gasteiger charge is -2.11. The number of halogens is 1. The molecular formula is C23H21FO3. The van der Waals surface area contributed by atoms with Gasteiger partial charge in [0.15, 0.2) is 0 Å². The van der Waals surface area contributed by atoms with Crippen molar-refractivity contribution in [1.82, 2.24) is 0 Å². The number of fused-ring (bicyclic) bond motifs is 2. The zero-order chi connectivity index (χ0) is 18.6. The minimum Gasteiger partial charge on any atom is -0.392 e. The Kier molecular flexibility index (Phi) is 5.30. The third-order valence-corrected chi connectivity index (χ3v) is 4.88. The van der Waals surface area contributed by atoms with E-state index in [0.29, 0.717) is 6.61 Å². The second-order valence-electron chi connectivity index (χ2n) is 6.70. The number of benzene rings is 3. The van der Waals surface area contributed by atoms with Gasteiger partial charge in [-0.1, -0.05) is 54.6 Å². The van der Waals surface area contributed by atoms with E-state index in [0.717, 1.165) is 35.5 Å². The van der Waals surface area contributed by atoms with Gasteiger partial charge in [0, 0.05) is 0 Å². The molecule has 2 aliphatic rings. The molecule has 3 aromatic rings. The average molecular weight is 364 g/mol. The van der Waals surface area contributed by atoms with Crippen LogP contribution in [0.2, 0.25) is 0 Å². The summed E-state index contributed by atoms with van der Waals surface area (Å²) in [6.07, 6.45) is -0.131. The van der Waals surface area contributed by atoms with Gasteiger partial charge in [-0.15, -0.1) is 0 Å². The van der Waals surface area contributed by atoms with Gasteiger partial charge in [0.05, 0.1) is 26.4 Å². The average Bonchev–Trinajstić information content (AvgIpc) is 3.35. The first-order valence-corrected chi connectivity index (χ1v) is 8.99. The lowest BCUT2D eigenvalue weighted by Crippen LogP contribution is -1.98. The van der Waals surface area contributed by atoms with Crippen molar-refractivity contribution >= 4 is 0 Å². The zero-order valence-corrected chi connectivity index (χ0v) is 14.9. The summed E-state index contributed by atoms with van der Waals surface area (Å²) < 4.78 is 23.9. The number of aliphatic hydroxyl groups is 1. The summed E-state index contributed by atoms with van der Waals surface area (Å²) in [6.45, 7) is 2.17. The quantitative estimate of drug-likeness (QED) is 0.719. The highest BCUT2D eigenvalue weighted by molar-refractivity contribution is 5.40. The molecule has 0 aliphatic carbocycles. The highest BCUT2D eigenvalue weighted by Crippen LogP contribution is 2.36. The number of hydrogen-bond acceptors (Lipinski definition) is 3. The van der Waals surface area contributed by atoms with E-state index in [1.807, 2.05) is 30.3 Å². The van der Waals surface area contributed by atoms with E-state index in [2.05, 4.69) is 12.1 Å². The maximum Gasteiger partial charge on any atom is 0.123 e. The summed E-state index contributed by atoms with van der Waals surface area (Å²) in [7, 11) is 0. The van der Waals surface area contributed by atoms with E-state index >= 15 is 0 Å². The van der Waals surface area contributed by atoms with Crippen LogP contribution in [0.1, 0.15) is 39.5 Å². The molecule has 2 heterocycles. The van der Waals surface area contributed by atoms with Gasteiger partial charge in [-0.25, -0.2) is 4.39 Å². The summed E-state index contributed by atoms with van der Waals surface area (Å²) in [5, 5.41) is 9.10. The number of aliphatic hydroxyl groups excluding tert-OH is 1. The van der Waals surface area contributed by atoms with Crippen molar-refractivity contribution in [3.05, 3.63) is 106 Å². The molecule has 0 bridgehead atoms. The standard InChI is InChI=1S/C15H13FO2.C8H8O/c16-13-4-2-11(3-5-13)15-14-6-1-10(8-17)7-12(14)9-18-15;1-2-4-8-6-9-5-7(8)3-1/h1-7,15,17H,8-9H2;1-4H,5-6H2. The van der Waals surface area contributed by atoms with Crippen LogP contribution < -0.4 is 0 Å². The Labute approximate surface area is 158 Å². The number of ether oxygens (including phenoxy) is 2. The normalized spacial score (nSPS) is 17.0. The molecule has 0 amide bonds. The van der Waals surface area contributed by atoms with E-state index in [-0.39, 0.29) is 18.5 Å². The van der Waals surface area contributed by atoms with Crippen LogP contribution in [0.15, 0.2) is 66.7 Å². The van der Waals surface area contributed by atoms with E-state index in [1.54, 1.807) is 12.1 Å². The van der Waals surface area contributed by atoms with Crippen LogP contribution in [0.5, 0.6) is 0 Å². The fraction of sp³-hybridized carbons (Fsp3) is 0.217. The molecular weight excluding hydrogens is 343 g/mol. The molecule has 5 rings (SSSR count). The lowest BCUT2D eigenvalue weighted by molar-refractivity contribution is 0.0938. The molecule has 0 saturated carbocycles. The van der Waals surface area contributed by atoms with Crippen LogP contribution in [0.4, 0.5) is 4.39 Å². The van der Waals surface area contributed by atoms with E-state index in [1.165, 1.54) is 23.3 Å². The molecule has 1 N–H and O–H groups in total. The van der Waals surface area contributed by atoms with Crippen LogP contribution in [0.25, 0.3) is 0 Å². The summed E-state index contributed by atoms with van der Waals surface area (Å²) >= 11 is 0. The monoisotopic (exact) mass is 364 g/mol. The molecule has 1 atom stereocenters. The first kappa shape index (κ1) is 17.9. The summed E-state index contributed by atoms with van der Waals surface area (Å²) in [5.41, 5.74) is 6.72. The van der Waals surface area contributed by atoms with Crippen LogP contribution in [-0.2, 0) is 35.9 Å². The maximum absolute atomic E-state index is 12.9. The zero-order valence-electron chi connectivity index (χ0n) is 14.9. The van der Waals surface area contributed by atoms with E-state index < -0.39 is 0 Å². The molecule has 0 aromatic heterocycles. The molecule has 27 heavy (non-hydrogen) atoms. The summed E-state index contributed by atoms with van der Waals surface area (Å²) in [4.78, 5) is 0. The van der Waals surface area contributed by atoms with Crippen molar-refractivity contribution in [2.75, 3.05) is 0 Å². The van der Waals surface area contributed by atoms with Crippen LogP contribution >= 0.6 is 0 Å².